The van der Waals surface area contributed by atoms with Crippen molar-refractivity contribution in [3.63, 3.8) is 0 Å². The number of nitrogens with one attached hydrogen (secondary N) is 1. The number of hydrogen-bond donors (Lipinski definition) is 2. The monoisotopic (exact) mass is 160 g/mol. The van der Waals surface area contributed by atoms with E-state index in [1.165, 1.54) is 0 Å². The molecule has 1 amide bonds. The number of nitrogens with zero attached hydrogens (tertiary/aromatic N) is 1. The Morgan fingerprint density at radius 1 is 1.82 bits per heavy atom. The molecule has 1 atom stereocenters. The van der Waals surface area contributed by atoms with Gasteiger partial charge in [0.25, 0.3) is 5.91 Å². The largest absolute Gasteiger partial charge is 0.378 e. The normalized spacial score (nSPS) is 26.5. The first kappa shape index (κ1) is 8.45. The molecule has 5 nitrogen and oxygen atoms in total. The van der Waals surface area contributed by atoms with Gasteiger partial charge in [0, 0.05) is 6.54 Å². The molecule has 0 aromatic rings. The maximum absolute atomic E-state index is 10.9. The predicted octanol–water partition coefficient (Wildman–Crippen LogP) is -1.18. The molecule has 5 heteroatoms. The Hall–Kier alpha value is -0.650. The van der Waals surface area contributed by atoms with Crippen LogP contribution in [0.4, 0.5) is 0 Å². The van der Waals surface area contributed by atoms with Gasteiger partial charge < -0.3 is 4.74 Å². The van der Waals surface area contributed by atoms with Gasteiger partial charge in [0.1, 0.15) is 6.04 Å². The molecule has 0 unspecified atom stereocenters. The number of hydroxylamine groups is 1. The van der Waals surface area contributed by atoms with Crippen LogP contribution in [0.25, 0.3) is 0 Å². The van der Waals surface area contributed by atoms with Crippen molar-refractivity contribution in [3.8, 4) is 0 Å². The van der Waals surface area contributed by atoms with Gasteiger partial charge in [0.05, 0.1) is 13.2 Å². The van der Waals surface area contributed by atoms with Crippen molar-refractivity contribution in [2.24, 2.45) is 0 Å². The minimum Gasteiger partial charge on any atom is -0.378 e. The fourth-order valence-corrected chi connectivity index (χ4v) is 1.04. The van der Waals surface area contributed by atoms with Gasteiger partial charge in [-0.25, -0.2) is 5.48 Å². The van der Waals surface area contributed by atoms with E-state index in [9.17, 15) is 4.79 Å². The average Bonchev–Trinajstić information content (AvgIpc) is 2.04. The highest BCUT2D eigenvalue weighted by Gasteiger charge is 2.25. The van der Waals surface area contributed by atoms with Gasteiger partial charge in [0.2, 0.25) is 0 Å². The summed E-state index contributed by atoms with van der Waals surface area (Å²) in [6.45, 7) is 1.71. The zero-order valence-electron chi connectivity index (χ0n) is 6.41. The summed E-state index contributed by atoms with van der Waals surface area (Å²) in [5, 5.41) is 8.32. The summed E-state index contributed by atoms with van der Waals surface area (Å²) >= 11 is 0. The van der Waals surface area contributed by atoms with Crippen LogP contribution in [0.3, 0.4) is 0 Å². The molecule has 0 radical (unpaired) electrons. The van der Waals surface area contributed by atoms with Gasteiger partial charge in [-0.15, -0.1) is 0 Å². The fraction of sp³-hybridized carbons (Fsp3) is 0.833. The summed E-state index contributed by atoms with van der Waals surface area (Å²) < 4.78 is 5.06. The highest BCUT2D eigenvalue weighted by atomic mass is 16.5. The van der Waals surface area contributed by atoms with Gasteiger partial charge in [-0.3, -0.25) is 14.9 Å². The number of rotatable bonds is 1. The second-order valence-electron chi connectivity index (χ2n) is 2.55. The summed E-state index contributed by atoms with van der Waals surface area (Å²) in [7, 11) is 1.82. The van der Waals surface area contributed by atoms with Crippen LogP contribution in [0.15, 0.2) is 0 Å². The summed E-state index contributed by atoms with van der Waals surface area (Å²) in [6, 6.07) is -0.353. The topological polar surface area (TPSA) is 61.8 Å². The minimum atomic E-state index is -0.410. The lowest BCUT2D eigenvalue weighted by atomic mass is 10.2. The van der Waals surface area contributed by atoms with Crippen LogP contribution >= 0.6 is 0 Å². The highest BCUT2D eigenvalue weighted by molar-refractivity contribution is 5.80. The van der Waals surface area contributed by atoms with Crippen molar-refractivity contribution < 1.29 is 14.7 Å². The van der Waals surface area contributed by atoms with E-state index in [0.29, 0.717) is 13.2 Å². The average molecular weight is 160 g/mol. The zero-order valence-corrected chi connectivity index (χ0v) is 6.41. The summed E-state index contributed by atoms with van der Waals surface area (Å²) in [4.78, 5) is 12.7. The molecule has 1 rings (SSSR count). The first-order valence-electron chi connectivity index (χ1n) is 3.47. The zero-order chi connectivity index (χ0) is 8.27. The Balaban J connectivity index is 2.47. The van der Waals surface area contributed by atoms with Crippen LogP contribution in [-0.2, 0) is 9.53 Å². The van der Waals surface area contributed by atoms with Crippen LogP contribution in [-0.4, -0.2) is 48.9 Å². The molecule has 2 N–H and O–H groups in total. The summed E-state index contributed by atoms with van der Waals surface area (Å²) in [5.41, 5.74) is 1.60. The molecule has 1 aliphatic heterocycles. The number of likely N-dealkylation sites (N-methyl/N-ethyl adjacent to an activating group) is 1. The quantitative estimate of drug-likeness (QED) is 0.374. The van der Waals surface area contributed by atoms with E-state index < -0.39 is 5.91 Å². The lowest BCUT2D eigenvalue weighted by molar-refractivity contribution is -0.139. The maximum atomic E-state index is 10.9. The first-order chi connectivity index (χ1) is 5.25. The molecule has 11 heavy (non-hydrogen) atoms. The third-order valence-electron chi connectivity index (χ3n) is 1.81. The van der Waals surface area contributed by atoms with Crippen LogP contribution < -0.4 is 5.48 Å². The number of ether oxygens (including phenoxy) is 1. The van der Waals surface area contributed by atoms with Crippen molar-refractivity contribution in [1.82, 2.24) is 10.4 Å². The molecule has 0 bridgehead atoms. The lowest BCUT2D eigenvalue weighted by Gasteiger charge is -2.30. The number of carbonyl (C=O) groups excluding carboxylic acids is 1. The van der Waals surface area contributed by atoms with Crippen molar-refractivity contribution in [3.05, 3.63) is 0 Å². The predicted molar refractivity (Wildman–Crippen MR) is 37.2 cm³/mol. The Kier molecular flexibility index (Phi) is 2.81. The molecule has 64 valence electrons. The molecule has 1 aliphatic rings. The van der Waals surface area contributed by atoms with Gasteiger partial charge >= 0.3 is 0 Å². The molecule has 1 heterocycles. The molecule has 0 aromatic carbocycles. The van der Waals surface area contributed by atoms with Crippen LogP contribution in [0.1, 0.15) is 0 Å². The van der Waals surface area contributed by atoms with Gasteiger partial charge in [-0.1, -0.05) is 0 Å². The molecular formula is C6H12N2O3. The van der Waals surface area contributed by atoms with Crippen molar-refractivity contribution >= 4 is 5.91 Å². The third-order valence-corrected chi connectivity index (χ3v) is 1.81. The summed E-state index contributed by atoms with van der Waals surface area (Å²) in [5.74, 6) is -0.410. The van der Waals surface area contributed by atoms with Crippen molar-refractivity contribution in [2.75, 3.05) is 26.8 Å². The third kappa shape index (κ3) is 1.89. The Bertz CT molecular complexity index is 151. The van der Waals surface area contributed by atoms with E-state index in [2.05, 4.69) is 0 Å². The van der Waals surface area contributed by atoms with E-state index in [1.807, 2.05) is 11.9 Å². The second-order valence-corrected chi connectivity index (χ2v) is 2.55. The molecule has 1 fully saturated rings. The lowest BCUT2D eigenvalue weighted by Crippen LogP contribution is -2.51. The number of morpholine rings is 1. The van der Waals surface area contributed by atoms with E-state index in [4.69, 9.17) is 9.94 Å². The molecular weight excluding hydrogens is 148 g/mol. The molecule has 1 saturated heterocycles. The fourth-order valence-electron chi connectivity index (χ4n) is 1.04. The molecule has 0 saturated carbocycles. The van der Waals surface area contributed by atoms with Gasteiger partial charge in [0.15, 0.2) is 0 Å². The van der Waals surface area contributed by atoms with Crippen LogP contribution in [0.2, 0.25) is 0 Å². The minimum absolute atomic E-state index is 0.350. The van der Waals surface area contributed by atoms with E-state index >= 15 is 0 Å². The van der Waals surface area contributed by atoms with Gasteiger partial charge in [-0.05, 0) is 7.05 Å². The number of carbonyl (C=O) groups is 1. The standard InChI is InChI=1S/C6H12N2O3/c1-8-2-3-11-4-5(8)6(9)7-10/h5,10H,2-4H2,1H3,(H,7,9)/t5-/m0/s1. The Morgan fingerprint density at radius 2 is 2.55 bits per heavy atom. The number of amides is 1. The first-order valence-corrected chi connectivity index (χ1v) is 3.47. The van der Waals surface area contributed by atoms with E-state index in [1.54, 1.807) is 5.48 Å². The molecule has 0 aromatic heterocycles. The Labute approximate surface area is 64.9 Å². The van der Waals surface area contributed by atoms with Crippen molar-refractivity contribution in [2.45, 2.75) is 6.04 Å². The maximum Gasteiger partial charge on any atom is 0.263 e. The van der Waals surface area contributed by atoms with E-state index in [-0.39, 0.29) is 6.04 Å². The summed E-state index contributed by atoms with van der Waals surface area (Å²) in [6.07, 6.45) is 0. The van der Waals surface area contributed by atoms with Crippen molar-refractivity contribution in [1.29, 1.82) is 0 Å². The second kappa shape index (κ2) is 3.66. The smallest absolute Gasteiger partial charge is 0.263 e. The Morgan fingerprint density at radius 3 is 3.09 bits per heavy atom. The molecule has 0 spiro atoms. The SMILES string of the molecule is CN1CCOC[C@H]1C(=O)NO. The highest BCUT2D eigenvalue weighted by Crippen LogP contribution is 2.02. The van der Waals surface area contributed by atoms with Crippen LogP contribution in [0, 0.1) is 0 Å². The van der Waals surface area contributed by atoms with E-state index in [0.717, 1.165) is 6.54 Å². The van der Waals surface area contributed by atoms with Gasteiger partial charge in [-0.2, -0.15) is 0 Å². The molecule has 0 aliphatic carbocycles. The van der Waals surface area contributed by atoms with Crippen LogP contribution in [0.5, 0.6) is 0 Å². The number of hydrogen-bond acceptors (Lipinski definition) is 4.